The first-order valence-corrected chi connectivity index (χ1v) is 10.1. The first kappa shape index (κ1) is 23.0. The monoisotopic (exact) mass is 454 g/mol. The molecule has 0 spiro atoms. The van der Waals surface area contributed by atoms with E-state index in [0.29, 0.717) is 28.5 Å². The number of ether oxygens (including phenoxy) is 2. The van der Waals surface area contributed by atoms with Crippen LogP contribution < -0.4 is 14.9 Å². The van der Waals surface area contributed by atoms with Crippen LogP contribution in [0.4, 0.5) is 4.39 Å². The number of aryl methyl sites for hydroxylation is 1. The van der Waals surface area contributed by atoms with E-state index in [2.05, 4.69) is 10.5 Å². The van der Waals surface area contributed by atoms with E-state index in [4.69, 9.17) is 21.1 Å². The minimum atomic E-state index is -0.644. The molecule has 3 aromatic carbocycles. The molecule has 0 aliphatic rings. The molecule has 1 N–H and O–H groups in total. The van der Waals surface area contributed by atoms with Crippen molar-refractivity contribution in [3.8, 4) is 11.5 Å². The zero-order valence-electron chi connectivity index (χ0n) is 17.4. The van der Waals surface area contributed by atoms with Crippen LogP contribution in [0.25, 0.3) is 0 Å². The van der Waals surface area contributed by atoms with Crippen molar-refractivity contribution in [2.24, 2.45) is 5.10 Å². The van der Waals surface area contributed by atoms with Gasteiger partial charge in [0.2, 0.25) is 0 Å². The van der Waals surface area contributed by atoms with Crippen molar-refractivity contribution in [3.63, 3.8) is 0 Å². The molecule has 8 heteroatoms. The Hall–Kier alpha value is -3.71. The van der Waals surface area contributed by atoms with Gasteiger partial charge in [0, 0.05) is 0 Å². The number of nitrogens with one attached hydrogen (secondary N) is 1. The number of rotatable bonds is 7. The summed E-state index contributed by atoms with van der Waals surface area (Å²) in [5.41, 5.74) is 4.48. The van der Waals surface area contributed by atoms with Gasteiger partial charge in [-0.2, -0.15) is 5.10 Å². The fourth-order valence-corrected chi connectivity index (χ4v) is 3.05. The molecular formula is C24H20ClFN2O4. The summed E-state index contributed by atoms with van der Waals surface area (Å²) in [5, 5.41) is 4.28. The molecule has 0 radical (unpaired) electrons. The van der Waals surface area contributed by atoms with Crippen LogP contribution in [0, 0.1) is 12.7 Å². The second kappa shape index (κ2) is 10.5. The zero-order chi connectivity index (χ0) is 23.1. The number of esters is 1. The number of hydrogen-bond acceptors (Lipinski definition) is 5. The number of halogens is 2. The molecule has 0 aromatic heterocycles. The summed E-state index contributed by atoms with van der Waals surface area (Å²) in [6, 6.07) is 14.9. The molecule has 3 rings (SSSR count). The van der Waals surface area contributed by atoms with Gasteiger partial charge in [0.15, 0.2) is 11.5 Å². The SMILES string of the molecule is CCOc1cc(C=NNC(=O)c2ccc(C)cc2Cl)ccc1OC(=O)c1ccc(F)cc1. The predicted molar refractivity (Wildman–Crippen MR) is 120 cm³/mol. The number of hydrazone groups is 1. The molecule has 0 heterocycles. The molecule has 0 saturated carbocycles. The summed E-state index contributed by atoms with van der Waals surface area (Å²) < 4.78 is 24.0. The van der Waals surface area contributed by atoms with E-state index in [1.54, 1.807) is 43.3 Å². The minimum Gasteiger partial charge on any atom is -0.490 e. The summed E-state index contributed by atoms with van der Waals surface area (Å²) in [6.07, 6.45) is 1.42. The van der Waals surface area contributed by atoms with E-state index in [1.807, 2.05) is 6.92 Å². The van der Waals surface area contributed by atoms with Gasteiger partial charge in [-0.25, -0.2) is 14.6 Å². The van der Waals surface area contributed by atoms with Crippen molar-refractivity contribution in [2.45, 2.75) is 13.8 Å². The normalized spacial score (nSPS) is 10.8. The highest BCUT2D eigenvalue weighted by atomic mass is 35.5. The fourth-order valence-electron chi connectivity index (χ4n) is 2.73. The molecule has 0 bridgehead atoms. The minimum absolute atomic E-state index is 0.203. The molecule has 3 aromatic rings. The van der Waals surface area contributed by atoms with Crippen molar-refractivity contribution in [3.05, 3.63) is 93.8 Å². The second-order valence-corrected chi connectivity index (χ2v) is 7.13. The first-order valence-electron chi connectivity index (χ1n) is 9.71. The van der Waals surface area contributed by atoms with Gasteiger partial charge in [0.05, 0.1) is 29.0 Å². The Bertz CT molecular complexity index is 1160. The van der Waals surface area contributed by atoms with Crippen molar-refractivity contribution in [1.82, 2.24) is 5.43 Å². The molecule has 1 amide bonds. The number of carbonyl (C=O) groups excluding carboxylic acids is 2. The molecule has 164 valence electrons. The van der Waals surface area contributed by atoms with Crippen molar-refractivity contribution in [2.75, 3.05) is 6.61 Å². The molecule has 0 atom stereocenters. The molecule has 0 fully saturated rings. The van der Waals surface area contributed by atoms with Gasteiger partial charge < -0.3 is 9.47 Å². The van der Waals surface area contributed by atoms with E-state index in [1.165, 1.54) is 30.5 Å². The van der Waals surface area contributed by atoms with Crippen molar-refractivity contribution < 1.29 is 23.5 Å². The number of nitrogens with zero attached hydrogens (tertiary/aromatic N) is 1. The van der Waals surface area contributed by atoms with Gasteiger partial charge in [-0.05, 0) is 79.6 Å². The third-order valence-corrected chi connectivity index (χ3v) is 4.61. The fraction of sp³-hybridized carbons (Fsp3) is 0.125. The molecule has 32 heavy (non-hydrogen) atoms. The number of amides is 1. The lowest BCUT2D eigenvalue weighted by Gasteiger charge is -2.11. The highest BCUT2D eigenvalue weighted by Crippen LogP contribution is 2.29. The average molecular weight is 455 g/mol. The van der Waals surface area contributed by atoms with Crippen molar-refractivity contribution in [1.29, 1.82) is 0 Å². The maximum absolute atomic E-state index is 13.1. The maximum atomic E-state index is 13.1. The van der Waals surface area contributed by atoms with Gasteiger partial charge in [0.1, 0.15) is 5.82 Å². The highest BCUT2D eigenvalue weighted by Gasteiger charge is 2.14. The maximum Gasteiger partial charge on any atom is 0.343 e. The van der Waals surface area contributed by atoms with Crippen LogP contribution in [-0.4, -0.2) is 24.7 Å². The third-order valence-electron chi connectivity index (χ3n) is 4.30. The number of carbonyl (C=O) groups is 2. The smallest absolute Gasteiger partial charge is 0.343 e. The quantitative estimate of drug-likeness (QED) is 0.231. The lowest BCUT2D eigenvalue weighted by molar-refractivity contribution is 0.0728. The van der Waals surface area contributed by atoms with Crippen LogP contribution in [0.3, 0.4) is 0 Å². The molecule has 0 saturated heterocycles. The second-order valence-electron chi connectivity index (χ2n) is 6.72. The molecule has 0 aliphatic carbocycles. The van der Waals surface area contributed by atoms with Gasteiger partial charge in [-0.1, -0.05) is 17.7 Å². The standard InChI is InChI=1S/C24H20ClFN2O4/c1-3-31-22-13-16(14-27-28-23(29)19-10-4-15(2)12-20(19)25)5-11-21(22)32-24(30)17-6-8-18(26)9-7-17/h4-14H,3H2,1-2H3,(H,28,29). The molecule has 0 aliphatic heterocycles. The Morgan fingerprint density at radius 2 is 1.81 bits per heavy atom. The Kier molecular flexibility index (Phi) is 7.57. The van der Waals surface area contributed by atoms with Crippen LogP contribution in [0.2, 0.25) is 5.02 Å². The van der Waals surface area contributed by atoms with Crippen LogP contribution >= 0.6 is 11.6 Å². The molecular weight excluding hydrogens is 435 g/mol. The Labute approximate surface area is 189 Å². The van der Waals surface area contributed by atoms with Crippen LogP contribution in [0.15, 0.2) is 65.8 Å². The van der Waals surface area contributed by atoms with Gasteiger partial charge in [0.25, 0.3) is 5.91 Å². The summed E-state index contributed by atoms with van der Waals surface area (Å²) in [7, 11) is 0. The average Bonchev–Trinajstić information content (AvgIpc) is 2.76. The predicted octanol–water partition coefficient (Wildman–Crippen LogP) is 5.17. The Morgan fingerprint density at radius 1 is 1.06 bits per heavy atom. The number of hydrogen-bond donors (Lipinski definition) is 1. The van der Waals surface area contributed by atoms with Gasteiger partial charge >= 0.3 is 5.97 Å². The van der Waals surface area contributed by atoms with Gasteiger partial charge in [-0.3, -0.25) is 4.79 Å². The van der Waals surface area contributed by atoms with Gasteiger partial charge in [-0.15, -0.1) is 0 Å². The zero-order valence-corrected chi connectivity index (χ0v) is 18.2. The Morgan fingerprint density at radius 3 is 2.50 bits per heavy atom. The third kappa shape index (κ3) is 5.92. The Balaban J connectivity index is 1.71. The van der Waals surface area contributed by atoms with E-state index in [-0.39, 0.29) is 11.3 Å². The summed E-state index contributed by atoms with van der Waals surface area (Å²) in [6.45, 7) is 4.00. The molecule has 0 unspecified atom stereocenters. The lowest BCUT2D eigenvalue weighted by Crippen LogP contribution is -2.18. The van der Waals surface area contributed by atoms with E-state index in [9.17, 15) is 14.0 Å². The number of benzene rings is 3. The topological polar surface area (TPSA) is 77.0 Å². The highest BCUT2D eigenvalue weighted by molar-refractivity contribution is 6.33. The van der Waals surface area contributed by atoms with Crippen LogP contribution in [0.5, 0.6) is 11.5 Å². The van der Waals surface area contributed by atoms with E-state index in [0.717, 1.165) is 5.56 Å². The van der Waals surface area contributed by atoms with Crippen LogP contribution in [-0.2, 0) is 0 Å². The first-order chi connectivity index (χ1) is 15.4. The lowest BCUT2D eigenvalue weighted by atomic mass is 10.1. The largest absolute Gasteiger partial charge is 0.490 e. The molecule has 6 nitrogen and oxygen atoms in total. The van der Waals surface area contributed by atoms with E-state index >= 15 is 0 Å². The van der Waals surface area contributed by atoms with E-state index < -0.39 is 17.7 Å². The summed E-state index contributed by atoms with van der Waals surface area (Å²) in [4.78, 5) is 24.6. The summed E-state index contributed by atoms with van der Waals surface area (Å²) in [5.74, 6) is -1.01. The summed E-state index contributed by atoms with van der Waals surface area (Å²) >= 11 is 6.10. The van der Waals surface area contributed by atoms with Crippen molar-refractivity contribution >= 4 is 29.7 Å². The van der Waals surface area contributed by atoms with Crippen LogP contribution in [0.1, 0.15) is 38.8 Å².